The molecule has 1 N–H and O–H groups in total. The van der Waals surface area contributed by atoms with Crippen molar-refractivity contribution in [3.8, 4) is 10.6 Å². The van der Waals surface area contributed by atoms with Gasteiger partial charge in [0.15, 0.2) is 0 Å². The van der Waals surface area contributed by atoms with Gasteiger partial charge >= 0.3 is 0 Å². The van der Waals surface area contributed by atoms with E-state index >= 15 is 0 Å². The van der Waals surface area contributed by atoms with Crippen molar-refractivity contribution in [1.29, 1.82) is 0 Å². The van der Waals surface area contributed by atoms with Crippen molar-refractivity contribution >= 4 is 38.9 Å². The molecule has 0 fully saturated rings. The topological polar surface area (TPSA) is 24.9 Å². The van der Waals surface area contributed by atoms with Gasteiger partial charge < -0.3 is 5.32 Å². The van der Waals surface area contributed by atoms with E-state index in [1.54, 1.807) is 11.3 Å². The molecule has 1 aromatic carbocycles. The minimum Gasteiger partial charge on any atom is -0.309 e. The Morgan fingerprint density at radius 2 is 2.26 bits per heavy atom. The minimum atomic E-state index is 0.288. The fourth-order valence-corrected chi connectivity index (χ4v) is 3.69. The van der Waals surface area contributed by atoms with Crippen LogP contribution >= 0.6 is 38.9 Å². The summed E-state index contributed by atoms with van der Waals surface area (Å²) in [6.45, 7) is 5.32. The molecule has 0 aliphatic heterocycles. The average Bonchev–Trinajstić information content (AvgIpc) is 2.85. The predicted molar refractivity (Wildman–Crippen MR) is 87.0 cm³/mol. The highest BCUT2D eigenvalue weighted by molar-refractivity contribution is 9.10. The highest BCUT2D eigenvalue weighted by atomic mass is 79.9. The maximum absolute atomic E-state index is 5.96. The quantitative estimate of drug-likeness (QED) is 0.785. The van der Waals surface area contributed by atoms with Gasteiger partial charge in [0.1, 0.15) is 5.01 Å². The Morgan fingerprint density at radius 3 is 2.95 bits per heavy atom. The van der Waals surface area contributed by atoms with E-state index in [0.29, 0.717) is 0 Å². The molecule has 2 nitrogen and oxygen atoms in total. The van der Waals surface area contributed by atoms with Crippen molar-refractivity contribution in [2.24, 2.45) is 0 Å². The summed E-state index contributed by atoms with van der Waals surface area (Å²) in [5, 5.41) is 7.31. The van der Waals surface area contributed by atoms with Gasteiger partial charge in [-0.3, -0.25) is 0 Å². The van der Waals surface area contributed by atoms with Gasteiger partial charge in [0, 0.05) is 26.5 Å². The third-order valence-electron chi connectivity index (χ3n) is 2.83. The first kappa shape index (κ1) is 15.0. The molecule has 0 saturated heterocycles. The number of nitrogens with zero attached hydrogens (tertiary/aromatic N) is 1. The van der Waals surface area contributed by atoms with Crippen LogP contribution in [0.15, 0.2) is 28.1 Å². The van der Waals surface area contributed by atoms with Crippen LogP contribution in [0.1, 0.15) is 32.0 Å². The second kappa shape index (κ2) is 6.84. The second-order valence-electron chi connectivity index (χ2n) is 4.38. The molecule has 0 spiro atoms. The number of benzene rings is 1. The Kier molecular flexibility index (Phi) is 5.39. The van der Waals surface area contributed by atoms with E-state index in [9.17, 15) is 0 Å². The summed E-state index contributed by atoms with van der Waals surface area (Å²) in [5.74, 6) is 0. The Hall–Kier alpha value is -0.420. The van der Waals surface area contributed by atoms with E-state index < -0.39 is 0 Å². The zero-order valence-electron chi connectivity index (χ0n) is 10.9. The van der Waals surface area contributed by atoms with Gasteiger partial charge in [0.05, 0.1) is 5.69 Å². The molecule has 5 heteroatoms. The molecule has 1 heterocycles. The first-order chi connectivity index (χ1) is 9.11. The summed E-state index contributed by atoms with van der Waals surface area (Å²) in [7, 11) is 0. The molecule has 2 rings (SSSR count). The number of hydrogen-bond donors (Lipinski definition) is 1. The van der Waals surface area contributed by atoms with Crippen LogP contribution in [0.3, 0.4) is 0 Å². The fourth-order valence-electron chi connectivity index (χ4n) is 1.74. The Morgan fingerprint density at radius 1 is 1.47 bits per heavy atom. The fraction of sp³-hybridized carbons (Fsp3) is 0.357. The summed E-state index contributed by atoms with van der Waals surface area (Å²) >= 11 is 11.2. The van der Waals surface area contributed by atoms with Crippen LogP contribution in [-0.4, -0.2) is 11.5 Å². The lowest BCUT2D eigenvalue weighted by molar-refractivity contribution is 0.561. The zero-order chi connectivity index (χ0) is 13.8. The number of aromatic nitrogens is 1. The van der Waals surface area contributed by atoms with Crippen molar-refractivity contribution in [3.63, 3.8) is 0 Å². The van der Waals surface area contributed by atoms with Crippen molar-refractivity contribution in [2.45, 2.75) is 26.3 Å². The third-order valence-corrected chi connectivity index (χ3v) is 4.61. The first-order valence-electron chi connectivity index (χ1n) is 6.26. The molecule has 102 valence electrons. The van der Waals surface area contributed by atoms with Gasteiger partial charge in [0.25, 0.3) is 0 Å². The van der Waals surface area contributed by atoms with Crippen LogP contribution < -0.4 is 5.32 Å². The lowest BCUT2D eigenvalue weighted by Crippen LogP contribution is -2.19. The number of rotatable bonds is 5. The highest BCUT2D eigenvalue weighted by Crippen LogP contribution is 2.33. The van der Waals surface area contributed by atoms with Crippen LogP contribution in [0, 0.1) is 0 Å². The number of nitrogens with one attached hydrogen (secondary N) is 1. The molecule has 0 amide bonds. The molecule has 19 heavy (non-hydrogen) atoms. The highest BCUT2D eigenvalue weighted by Gasteiger charge is 2.12. The predicted octanol–water partition coefficient (Wildman–Crippen LogP) is 5.29. The van der Waals surface area contributed by atoms with Crippen LogP contribution in [0.4, 0.5) is 0 Å². The number of hydrogen-bond acceptors (Lipinski definition) is 3. The molecule has 2 aromatic rings. The number of halogens is 2. The minimum absolute atomic E-state index is 0.288. The molecule has 1 atom stereocenters. The molecule has 0 aliphatic carbocycles. The van der Waals surface area contributed by atoms with Gasteiger partial charge in [-0.1, -0.05) is 34.5 Å². The average molecular weight is 360 g/mol. The summed E-state index contributed by atoms with van der Waals surface area (Å²) in [5.41, 5.74) is 2.18. The zero-order valence-corrected chi connectivity index (χ0v) is 14.1. The monoisotopic (exact) mass is 358 g/mol. The maximum atomic E-state index is 5.96. The summed E-state index contributed by atoms with van der Waals surface area (Å²) in [4.78, 5) is 4.71. The van der Waals surface area contributed by atoms with E-state index in [4.69, 9.17) is 16.6 Å². The van der Waals surface area contributed by atoms with Crippen LogP contribution in [0.5, 0.6) is 0 Å². The molecular weight excluding hydrogens is 344 g/mol. The van der Waals surface area contributed by atoms with Gasteiger partial charge in [0.2, 0.25) is 0 Å². The lowest BCUT2D eigenvalue weighted by atomic mass is 10.2. The summed E-state index contributed by atoms with van der Waals surface area (Å²) in [6, 6.07) is 6.08. The van der Waals surface area contributed by atoms with Gasteiger partial charge in [-0.05, 0) is 38.1 Å². The first-order valence-corrected chi connectivity index (χ1v) is 8.31. The van der Waals surface area contributed by atoms with E-state index in [-0.39, 0.29) is 6.04 Å². The molecule has 0 radical (unpaired) electrons. The molecule has 0 bridgehead atoms. The molecular formula is C14H16BrClN2S. The standard InChI is InChI=1S/C14H16BrClN2S/c1-3-6-17-9(2)13-8-19-14(18-13)11-5-4-10(16)7-12(11)15/h4-5,7-9,17H,3,6H2,1-2H3. The van der Waals surface area contributed by atoms with Crippen molar-refractivity contribution in [2.75, 3.05) is 6.54 Å². The molecule has 0 saturated carbocycles. The maximum Gasteiger partial charge on any atom is 0.124 e. The van der Waals surface area contributed by atoms with Gasteiger partial charge in [-0.2, -0.15) is 0 Å². The largest absolute Gasteiger partial charge is 0.309 e. The Balaban J connectivity index is 2.20. The van der Waals surface area contributed by atoms with Crippen molar-refractivity contribution in [3.05, 3.63) is 38.8 Å². The normalized spacial score (nSPS) is 12.6. The molecule has 1 unspecified atom stereocenters. The molecule has 1 aromatic heterocycles. The van der Waals surface area contributed by atoms with Gasteiger partial charge in [-0.25, -0.2) is 4.98 Å². The smallest absolute Gasteiger partial charge is 0.124 e. The van der Waals surface area contributed by atoms with E-state index in [1.807, 2.05) is 18.2 Å². The van der Waals surface area contributed by atoms with E-state index in [0.717, 1.165) is 38.7 Å². The third kappa shape index (κ3) is 3.78. The summed E-state index contributed by atoms with van der Waals surface area (Å²) < 4.78 is 0.982. The van der Waals surface area contributed by atoms with Crippen LogP contribution in [0.25, 0.3) is 10.6 Å². The Bertz CT molecular complexity index is 556. The number of thiazole rings is 1. The second-order valence-corrected chi connectivity index (χ2v) is 6.53. The van der Waals surface area contributed by atoms with E-state index in [1.165, 1.54) is 0 Å². The van der Waals surface area contributed by atoms with Gasteiger partial charge in [-0.15, -0.1) is 11.3 Å². The van der Waals surface area contributed by atoms with Crippen LogP contribution in [-0.2, 0) is 0 Å². The van der Waals surface area contributed by atoms with E-state index in [2.05, 4.69) is 40.5 Å². The Labute approximate surface area is 131 Å². The SMILES string of the molecule is CCCNC(C)c1csc(-c2ccc(Cl)cc2Br)n1. The van der Waals surface area contributed by atoms with Crippen LogP contribution in [0.2, 0.25) is 5.02 Å². The lowest BCUT2D eigenvalue weighted by Gasteiger charge is -2.09. The van der Waals surface area contributed by atoms with Crippen molar-refractivity contribution in [1.82, 2.24) is 10.3 Å². The molecule has 0 aliphatic rings. The van der Waals surface area contributed by atoms with Crippen molar-refractivity contribution < 1.29 is 0 Å². The summed E-state index contributed by atoms with van der Waals surface area (Å²) in [6.07, 6.45) is 1.13.